The molecule has 3 saturated heterocycles. The number of imide groups is 1. The Kier molecular flexibility index (Phi) is 5.96. The number of ether oxygens (including phenoxy) is 2. The third kappa shape index (κ3) is 3.63. The lowest BCUT2D eigenvalue weighted by molar-refractivity contribution is -0.135. The summed E-state index contributed by atoms with van der Waals surface area (Å²) in [6, 6.07) is 13.0. The third-order valence-electron chi connectivity index (χ3n) is 9.43. The quantitative estimate of drug-likeness (QED) is 0.385. The van der Waals surface area contributed by atoms with Gasteiger partial charge in [-0.05, 0) is 43.6 Å². The summed E-state index contributed by atoms with van der Waals surface area (Å²) in [7, 11) is -0.357. The molecule has 8 heteroatoms. The number of carbonyl (C=O) groups is 2. The Morgan fingerprint density at radius 3 is 2.38 bits per heavy atom. The van der Waals surface area contributed by atoms with Crippen molar-refractivity contribution in [2.45, 2.75) is 76.0 Å². The molecule has 37 heavy (non-hydrogen) atoms. The lowest BCUT2D eigenvalue weighted by Crippen LogP contribution is -2.50. The molecule has 0 saturated carbocycles. The zero-order chi connectivity index (χ0) is 27.0. The van der Waals surface area contributed by atoms with Gasteiger partial charge in [0.25, 0.3) is 0 Å². The lowest BCUT2D eigenvalue weighted by Gasteiger charge is -2.38. The van der Waals surface area contributed by atoms with Crippen molar-refractivity contribution in [3.63, 3.8) is 0 Å². The molecule has 2 amide bonds. The van der Waals surface area contributed by atoms with Crippen molar-refractivity contribution in [3.05, 3.63) is 42.0 Å². The van der Waals surface area contributed by atoms with Crippen molar-refractivity contribution in [3.8, 4) is 6.07 Å². The second-order valence-corrected chi connectivity index (χ2v) is 17.2. The number of anilines is 1. The van der Waals surface area contributed by atoms with Crippen molar-refractivity contribution in [1.29, 1.82) is 5.26 Å². The minimum Gasteiger partial charge on any atom is -0.417 e. The number of nitrogens with zero attached hydrogens (tertiary/aromatic N) is 2. The highest BCUT2D eigenvalue weighted by atomic mass is 28.4. The van der Waals surface area contributed by atoms with E-state index >= 15 is 0 Å². The van der Waals surface area contributed by atoms with Crippen LogP contribution in [0.25, 0.3) is 10.8 Å². The molecule has 3 aliphatic heterocycles. The van der Waals surface area contributed by atoms with Crippen molar-refractivity contribution in [1.82, 2.24) is 0 Å². The van der Waals surface area contributed by atoms with Crippen molar-refractivity contribution in [2.24, 2.45) is 11.8 Å². The fourth-order valence-corrected chi connectivity index (χ4v) is 7.47. The van der Waals surface area contributed by atoms with E-state index in [0.717, 1.165) is 5.39 Å². The Balaban J connectivity index is 1.53. The SMILES string of the molecule is CO[C@H]1CC2(CCO[Si](C)(C)C(C)(C)C)OC1(C)[C@@H]1C(=O)N(c3ccc(C#N)c4ccccc34)C(=O)[C@@H]12. The second kappa shape index (κ2) is 8.47. The van der Waals surface area contributed by atoms with Crippen molar-refractivity contribution < 1.29 is 23.5 Å². The fraction of sp³-hybridized carbons (Fsp3) is 0.552. The molecule has 5 atom stereocenters. The highest BCUT2D eigenvalue weighted by molar-refractivity contribution is 6.74. The summed E-state index contributed by atoms with van der Waals surface area (Å²) in [6.07, 6.45) is 0.774. The highest BCUT2D eigenvalue weighted by Crippen LogP contribution is 2.63. The van der Waals surface area contributed by atoms with Gasteiger partial charge in [0, 0.05) is 30.9 Å². The molecule has 0 spiro atoms. The van der Waals surface area contributed by atoms with E-state index in [1.54, 1.807) is 19.2 Å². The molecule has 3 aliphatic rings. The topological polar surface area (TPSA) is 88.9 Å². The van der Waals surface area contributed by atoms with Crippen LogP contribution < -0.4 is 4.90 Å². The molecular weight excluding hydrogens is 484 g/mol. The van der Waals surface area contributed by atoms with Crippen LogP contribution in [0, 0.1) is 23.2 Å². The van der Waals surface area contributed by atoms with Crippen LogP contribution in [0.1, 0.15) is 46.1 Å². The summed E-state index contributed by atoms with van der Waals surface area (Å²) in [5.41, 5.74) is -0.705. The van der Waals surface area contributed by atoms with E-state index in [2.05, 4.69) is 39.9 Å². The number of carbonyl (C=O) groups excluding carboxylic acids is 2. The van der Waals surface area contributed by atoms with Gasteiger partial charge < -0.3 is 13.9 Å². The van der Waals surface area contributed by atoms with E-state index < -0.39 is 31.4 Å². The van der Waals surface area contributed by atoms with Crippen LogP contribution in [-0.2, 0) is 23.5 Å². The van der Waals surface area contributed by atoms with Crippen LogP contribution in [-0.4, -0.2) is 51.2 Å². The number of amides is 2. The maximum atomic E-state index is 14.1. The highest BCUT2D eigenvalue weighted by Gasteiger charge is 2.77. The van der Waals surface area contributed by atoms with Gasteiger partial charge in [0.2, 0.25) is 11.8 Å². The zero-order valence-electron chi connectivity index (χ0n) is 22.8. The molecule has 196 valence electrons. The fourth-order valence-electron chi connectivity index (χ4n) is 6.43. The number of fused-ring (bicyclic) bond motifs is 6. The van der Waals surface area contributed by atoms with E-state index in [9.17, 15) is 14.9 Å². The van der Waals surface area contributed by atoms with Gasteiger partial charge in [-0.2, -0.15) is 5.26 Å². The van der Waals surface area contributed by atoms with Gasteiger partial charge >= 0.3 is 0 Å². The summed E-state index contributed by atoms with van der Waals surface area (Å²) in [4.78, 5) is 29.5. The molecule has 0 aromatic heterocycles. The van der Waals surface area contributed by atoms with E-state index in [-0.39, 0.29) is 23.0 Å². The minimum absolute atomic E-state index is 0.0651. The van der Waals surface area contributed by atoms with Crippen LogP contribution in [0.3, 0.4) is 0 Å². The molecule has 0 radical (unpaired) electrons. The number of methoxy groups -OCH3 is 1. The van der Waals surface area contributed by atoms with Crippen LogP contribution in [0.15, 0.2) is 36.4 Å². The number of hydrogen-bond donors (Lipinski definition) is 0. The minimum atomic E-state index is -2.00. The first-order valence-electron chi connectivity index (χ1n) is 13.0. The summed E-state index contributed by atoms with van der Waals surface area (Å²) < 4.78 is 19.0. The first-order chi connectivity index (χ1) is 17.3. The van der Waals surface area contributed by atoms with Crippen LogP contribution >= 0.6 is 0 Å². The lowest BCUT2D eigenvalue weighted by atomic mass is 9.66. The predicted molar refractivity (Wildman–Crippen MR) is 144 cm³/mol. The normalized spacial score (nSPS) is 31.3. The van der Waals surface area contributed by atoms with Gasteiger partial charge in [-0.1, -0.05) is 45.0 Å². The van der Waals surface area contributed by atoms with Crippen LogP contribution in [0.4, 0.5) is 5.69 Å². The largest absolute Gasteiger partial charge is 0.417 e. The Labute approximate surface area is 219 Å². The Morgan fingerprint density at radius 1 is 1.11 bits per heavy atom. The molecule has 5 rings (SSSR count). The summed E-state index contributed by atoms with van der Waals surface area (Å²) in [6.45, 7) is 13.4. The van der Waals surface area contributed by atoms with E-state index in [0.29, 0.717) is 36.1 Å². The average Bonchev–Trinajstić information content (AvgIpc) is 3.39. The molecule has 3 fully saturated rings. The van der Waals surface area contributed by atoms with E-state index in [1.807, 2.05) is 31.2 Å². The maximum absolute atomic E-state index is 14.1. The summed E-state index contributed by atoms with van der Waals surface area (Å²) >= 11 is 0. The monoisotopic (exact) mass is 520 g/mol. The molecule has 2 bridgehead atoms. The molecule has 2 aromatic carbocycles. The molecule has 0 aliphatic carbocycles. The number of nitriles is 1. The van der Waals surface area contributed by atoms with E-state index in [4.69, 9.17) is 13.9 Å². The van der Waals surface area contributed by atoms with Gasteiger partial charge in [-0.25, -0.2) is 4.90 Å². The number of rotatable bonds is 6. The smallest absolute Gasteiger partial charge is 0.240 e. The summed E-state index contributed by atoms with van der Waals surface area (Å²) in [5.74, 6) is -1.74. The van der Waals surface area contributed by atoms with Crippen molar-refractivity contribution >= 4 is 36.6 Å². The molecule has 7 nitrogen and oxygen atoms in total. The Hall–Kier alpha value is -2.57. The number of benzene rings is 2. The second-order valence-electron chi connectivity index (χ2n) is 12.4. The van der Waals surface area contributed by atoms with Gasteiger partial charge in [-0.3, -0.25) is 9.59 Å². The van der Waals surface area contributed by atoms with Gasteiger partial charge in [0.15, 0.2) is 8.32 Å². The third-order valence-corrected chi connectivity index (χ3v) is 14.0. The Bertz CT molecular complexity index is 1330. The Morgan fingerprint density at radius 2 is 1.76 bits per heavy atom. The van der Waals surface area contributed by atoms with Gasteiger partial charge in [0.05, 0.1) is 40.9 Å². The maximum Gasteiger partial charge on any atom is 0.240 e. The van der Waals surface area contributed by atoms with Gasteiger partial charge in [0.1, 0.15) is 5.60 Å². The first-order valence-corrected chi connectivity index (χ1v) is 15.9. The molecule has 2 aromatic rings. The van der Waals surface area contributed by atoms with Crippen LogP contribution in [0.5, 0.6) is 0 Å². The molecule has 0 N–H and O–H groups in total. The predicted octanol–water partition coefficient (Wildman–Crippen LogP) is 5.18. The number of hydrogen-bond acceptors (Lipinski definition) is 6. The van der Waals surface area contributed by atoms with Gasteiger partial charge in [-0.15, -0.1) is 0 Å². The average molecular weight is 521 g/mol. The van der Waals surface area contributed by atoms with E-state index in [1.165, 1.54) is 4.90 Å². The summed E-state index contributed by atoms with van der Waals surface area (Å²) in [5, 5.41) is 11.1. The zero-order valence-corrected chi connectivity index (χ0v) is 23.8. The molecule has 3 heterocycles. The standard InChI is InChI=1S/C29H36N2O5Si/c1-27(2,3)37(6,7)35-15-14-29-16-22(34-5)28(4,36-29)23-24(29)26(33)31(25(23)32)21-13-12-18(17-30)19-10-8-9-11-20(19)21/h8-13,22-24H,14-16H2,1-7H3/t22-,23-,24+,28?,29?/m0/s1. The molecule has 2 unspecified atom stereocenters. The van der Waals surface area contributed by atoms with Crippen LogP contribution in [0.2, 0.25) is 18.1 Å². The first kappa shape index (κ1) is 26.1. The molecular formula is C29H36N2O5Si. The van der Waals surface area contributed by atoms with Crippen molar-refractivity contribution in [2.75, 3.05) is 18.6 Å².